The summed E-state index contributed by atoms with van der Waals surface area (Å²) < 4.78 is 31.7. The average Bonchev–Trinajstić information content (AvgIpc) is 2.72. The molecule has 1 saturated heterocycles. The van der Waals surface area contributed by atoms with Crippen LogP contribution in [-0.2, 0) is 9.59 Å². The van der Waals surface area contributed by atoms with Crippen LogP contribution in [0.5, 0.6) is 0 Å². The number of fused-ring (bicyclic) bond motifs is 1. The number of aliphatic carboxylic acids is 2. The topological polar surface area (TPSA) is 86.6 Å². The number of carbonyl (C=O) groups is 2. The Bertz CT molecular complexity index is 294. The van der Waals surface area contributed by atoms with Crippen molar-refractivity contribution < 1.29 is 33.0 Å². The zero-order valence-electron chi connectivity index (χ0n) is 7.99. The van der Waals surface area contributed by atoms with E-state index in [0.29, 0.717) is 12.0 Å². The SMILES string of the molecule is O=C(O)C(F)(F)F.O=C(O)[C@H]1CC2C[C@H]2N1. The van der Waals surface area contributed by atoms with E-state index < -0.39 is 18.1 Å². The molecule has 1 aliphatic carbocycles. The summed E-state index contributed by atoms with van der Waals surface area (Å²) in [6.45, 7) is 0. The van der Waals surface area contributed by atoms with Crippen LogP contribution in [0.1, 0.15) is 12.8 Å². The van der Waals surface area contributed by atoms with Crippen molar-refractivity contribution in [3.63, 3.8) is 0 Å². The van der Waals surface area contributed by atoms with Crippen LogP contribution < -0.4 is 5.32 Å². The van der Waals surface area contributed by atoms with Gasteiger partial charge in [-0.2, -0.15) is 13.2 Å². The number of carboxylic acids is 2. The molecule has 2 aliphatic rings. The minimum atomic E-state index is -5.08. The highest BCUT2D eigenvalue weighted by molar-refractivity contribution is 5.74. The first-order valence-corrected chi connectivity index (χ1v) is 4.50. The van der Waals surface area contributed by atoms with Crippen LogP contribution in [0, 0.1) is 5.92 Å². The normalized spacial score (nSPS) is 31.1. The predicted octanol–water partition coefficient (Wildman–Crippen LogP) is 0.455. The standard InChI is InChI=1S/C6H9NO2.C2HF3O2/c8-6(9)5-2-3-1-4(3)7-5;3-2(4,5)1(6)7/h3-5,7H,1-2H2,(H,8,9);(H,6,7)/t3?,4-,5-;/m1./s1. The summed E-state index contributed by atoms with van der Waals surface area (Å²) in [5.41, 5.74) is 0. The van der Waals surface area contributed by atoms with E-state index in [1.54, 1.807) is 0 Å². The molecule has 1 unspecified atom stereocenters. The first kappa shape index (κ1) is 12.8. The largest absolute Gasteiger partial charge is 0.490 e. The van der Waals surface area contributed by atoms with Crippen LogP contribution in [0.15, 0.2) is 0 Å². The van der Waals surface area contributed by atoms with E-state index in [0.717, 1.165) is 6.42 Å². The Balaban J connectivity index is 0.000000168. The number of hydrogen-bond donors (Lipinski definition) is 3. The number of halogens is 3. The van der Waals surface area contributed by atoms with Gasteiger partial charge in [-0.25, -0.2) is 4.79 Å². The Labute approximate surface area is 88.2 Å². The van der Waals surface area contributed by atoms with Crippen molar-refractivity contribution in [2.24, 2.45) is 5.92 Å². The highest BCUT2D eigenvalue weighted by atomic mass is 19.4. The molecule has 0 bridgehead atoms. The van der Waals surface area contributed by atoms with Gasteiger partial charge in [0, 0.05) is 6.04 Å². The predicted molar refractivity (Wildman–Crippen MR) is 44.8 cm³/mol. The lowest BCUT2D eigenvalue weighted by molar-refractivity contribution is -0.192. The Morgan fingerprint density at radius 3 is 1.88 bits per heavy atom. The van der Waals surface area contributed by atoms with Crippen molar-refractivity contribution in [1.82, 2.24) is 5.32 Å². The van der Waals surface area contributed by atoms with E-state index >= 15 is 0 Å². The van der Waals surface area contributed by atoms with Gasteiger partial charge in [-0.05, 0) is 18.8 Å². The molecule has 0 aromatic rings. The molecule has 1 heterocycles. The molecule has 0 radical (unpaired) electrons. The van der Waals surface area contributed by atoms with Gasteiger partial charge in [0.2, 0.25) is 0 Å². The summed E-state index contributed by atoms with van der Waals surface area (Å²) in [6, 6.07) is 0.305. The third-order valence-corrected chi connectivity index (χ3v) is 2.42. The molecule has 16 heavy (non-hydrogen) atoms. The molecule has 3 atom stereocenters. The second kappa shape index (κ2) is 4.28. The Hall–Kier alpha value is -1.31. The van der Waals surface area contributed by atoms with Crippen LogP contribution in [0.4, 0.5) is 13.2 Å². The molecule has 3 N–H and O–H groups in total. The number of rotatable bonds is 1. The molecule has 1 saturated carbocycles. The maximum absolute atomic E-state index is 10.6. The number of hydrogen-bond acceptors (Lipinski definition) is 3. The quantitative estimate of drug-likeness (QED) is 0.620. The third-order valence-electron chi connectivity index (χ3n) is 2.42. The molecule has 2 fully saturated rings. The average molecular weight is 241 g/mol. The first-order chi connectivity index (χ1) is 7.21. The van der Waals surface area contributed by atoms with E-state index in [2.05, 4.69) is 5.32 Å². The van der Waals surface area contributed by atoms with Crippen LogP contribution in [-0.4, -0.2) is 40.4 Å². The second-order valence-corrected chi connectivity index (χ2v) is 3.70. The van der Waals surface area contributed by atoms with Crippen LogP contribution in [0.3, 0.4) is 0 Å². The van der Waals surface area contributed by atoms with Crippen LogP contribution in [0.25, 0.3) is 0 Å². The lowest BCUT2D eigenvalue weighted by Crippen LogP contribution is -2.33. The van der Waals surface area contributed by atoms with Crippen LogP contribution >= 0.6 is 0 Å². The maximum atomic E-state index is 10.6. The fourth-order valence-electron chi connectivity index (χ4n) is 1.51. The lowest BCUT2D eigenvalue weighted by Gasteiger charge is -2.04. The summed E-state index contributed by atoms with van der Waals surface area (Å²) in [5, 5.41) is 18.6. The van der Waals surface area contributed by atoms with Crippen molar-refractivity contribution in [3.05, 3.63) is 0 Å². The summed E-state index contributed by atoms with van der Waals surface area (Å²) >= 11 is 0. The van der Waals surface area contributed by atoms with Crippen molar-refractivity contribution in [2.45, 2.75) is 31.1 Å². The molecule has 5 nitrogen and oxygen atoms in total. The van der Waals surface area contributed by atoms with Gasteiger partial charge in [0.1, 0.15) is 6.04 Å². The number of alkyl halides is 3. The van der Waals surface area contributed by atoms with Crippen LogP contribution in [0.2, 0.25) is 0 Å². The highest BCUT2D eigenvalue weighted by Gasteiger charge is 2.47. The zero-order valence-corrected chi connectivity index (χ0v) is 7.99. The molecule has 8 heteroatoms. The van der Waals surface area contributed by atoms with Gasteiger partial charge in [0.15, 0.2) is 0 Å². The third kappa shape index (κ3) is 3.37. The van der Waals surface area contributed by atoms with E-state index in [-0.39, 0.29) is 6.04 Å². The van der Waals surface area contributed by atoms with Gasteiger partial charge >= 0.3 is 18.1 Å². The van der Waals surface area contributed by atoms with Crippen molar-refractivity contribution in [1.29, 1.82) is 0 Å². The minimum Gasteiger partial charge on any atom is -0.480 e. The molecule has 1 aliphatic heterocycles. The van der Waals surface area contributed by atoms with Gasteiger partial charge in [0.05, 0.1) is 0 Å². The Morgan fingerprint density at radius 2 is 1.69 bits per heavy atom. The molecule has 0 amide bonds. The molecule has 0 aromatic heterocycles. The van der Waals surface area contributed by atoms with E-state index in [9.17, 15) is 18.0 Å². The lowest BCUT2D eigenvalue weighted by atomic mass is 10.2. The molecular formula is C8H10F3NO4. The van der Waals surface area contributed by atoms with E-state index in [1.807, 2.05) is 0 Å². The number of nitrogens with one attached hydrogen (secondary N) is 1. The van der Waals surface area contributed by atoms with Gasteiger partial charge in [-0.3, -0.25) is 4.79 Å². The maximum Gasteiger partial charge on any atom is 0.490 e. The first-order valence-electron chi connectivity index (χ1n) is 4.50. The monoisotopic (exact) mass is 241 g/mol. The summed E-state index contributed by atoms with van der Waals surface area (Å²) in [5.74, 6) is -2.76. The fraction of sp³-hybridized carbons (Fsp3) is 0.750. The molecular weight excluding hydrogens is 231 g/mol. The zero-order chi connectivity index (χ0) is 12.5. The minimum absolute atomic E-state index is 0.242. The number of piperidine rings is 1. The second-order valence-electron chi connectivity index (χ2n) is 3.70. The number of carboxylic acid groups (broad SMARTS) is 2. The van der Waals surface area contributed by atoms with Crippen molar-refractivity contribution in [3.8, 4) is 0 Å². The summed E-state index contributed by atoms with van der Waals surface area (Å²) in [4.78, 5) is 19.2. The van der Waals surface area contributed by atoms with Gasteiger partial charge in [-0.15, -0.1) is 0 Å². The van der Waals surface area contributed by atoms with Gasteiger partial charge < -0.3 is 15.5 Å². The summed E-state index contributed by atoms with van der Waals surface area (Å²) in [6.07, 6.45) is -3.04. The molecule has 0 spiro atoms. The van der Waals surface area contributed by atoms with Crippen molar-refractivity contribution in [2.75, 3.05) is 0 Å². The Kier molecular flexibility index (Phi) is 3.41. The summed E-state index contributed by atoms with van der Waals surface area (Å²) in [7, 11) is 0. The van der Waals surface area contributed by atoms with Gasteiger partial charge in [-0.1, -0.05) is 0 Å². The molecule has 92 valence electrons. The molecule has 2 rings (SSSR count). The van der Waals surface area contributed by atoms with Gasteiger partial charge in [0.25, 0.3) is 0 Å². The highest BCUT2D eigenvalue weighted by Crippen LogP contribution is 2.40. The van der Waals surface area contributed by atoms with E-state index in [4.69, 9.17) is 15.0 Å². The smallest absolute Gasteiger partial charge is 0.480 e. The van der Waals surface area contributed by atoms with E-state index in [1.165, 1.54) is 6.42 Å². The molecule has 0 aromatic carbocycles. The Morgan fingerprint density at radius 1 is 1.19 bits per heavy atom. The van der Waals surface area contributed by atoms with Crippen molar-refractivity contribution >= 4 is 11.9 Å². The fourth-order valence-corrected chi connectivity index (χ4v) is 1.51.